The predicted octanol–water partition coefficient (Wildman–Crippen LogP) is 3.49. The molecular weight excluding hydrogens is 224 g/mol. The molecule has 2 atom stereocenters. The minimum atomic E-state index is -0.207. The number of ether oxygens (including phenoxy) is 1. The summed E-state index contributed by atoms with van der Waals surface area (Å²) in [5.41, 5.74) is 2.12. The van der Waals surface area contributed by atoms with Crippen LogP contribution in [0.25, 0.3) is 0 Å². The Hall–Kier alpha value is -2.09. The molecule has 3 rings (SSSR count). The second-order valence-corrected chi connectivity index (χ2v) is 4.64. The average Bonchev–Trinajstić information content (AvgIpc) is 2.40. The summed E-state index contributed by atoms with van der Waals surface area (Å²) in [6.45, 7) is 2.08. The molecule has 0 spiro atoms. The van der Waals surface area contributed by atoms with Gasteiger partial charge in [-0.3, -0.25) is 4.79 Å². The lowest BCUT2D eigenvalue weighted by atomic mass is 9.81. The van der Waals surface area contributed by atoms with E-state index in [0.717, 1.165) is 11.1 Å². The first-order valence-corrected chi connectivity index (χ1v) is 6.13. The second kappa shape index (κ2) is 4.30. The van der Waals surface area contributed by atoms with Crippen LogP contribution in [0.5, 0.6) is 5.75 Å². The first-order chi connectivity index (χ1) is 8.77. The molecule has 90 valence electrons. The van der Waals surface area contributed by atoms with Crippen molar-refractivity contribution in [2.75, 3.05) is 0 Å². The van der Waals surface area contributed by atoms with Crippen LogP contribution in [0.1, 0.15) is 29.9 Å². The summed E-state index contributed by atoms with van der Waals surface area (Å²) in [6.07, 6.45) is 0. The van der Waals surface area contributed by atoms with Gasteiger partial charge in [0.1, 0.15) is 5.75 Å². The first-order valence-electron chi connectivity index (χ1n) is 6.13. The van der Waals surface area contributed by atoms with Gasteiger partial charge in [0, 0.05) is 5.92 Å². The normalized spacial score (nSPS) is 22.2. The van der Waals surface area contributed by atoms with Crippen LogP contribution in [0.4, 0.5) is 0 Å². The molecule has 2 aromatic carbocycles. The monoisotopic (exact) mass is 238 g/mol. The lowest BCUT2D eigenvalue weighted by Crippen LogP contribution is -2.28. The lowest BCUT2D eigenvalue weighted by molar-refractivity contribution is -0.137. The molecule has 0 aromatic heterocycles. The van der Waals surface area contributed by atoms with Gasteiger partial charge in [-0.05, 0) is 17.2 Å². The number of benzene rings is 2. The molecule has 0 fully saturated rings. The van der Waals surface area contributed by atoms with Crippen LogP contribution >= 0.6 is 0 Å². The van der Waals surface area contributed by atoms with Crippen LogP contribution < -0.4 is 4.74 Å². The Labute approximate surface area is 106 Å². The van der Waals surface area contributed by atoms with Gasteiger partial charge >= 0.3 is 5.97 Å². The molecule has 2 nitrogen and oxygen atoms in total. The van der Waals surface area contributed by atoms with Crippen molar-refractivity contribution in [2.24, 2.45) is 0 Å². The Kier molecular flexibility index (Phi) is 2.63. The maximum absolute atomic E-state index is 12.1. The SMILES string of the molecule is CC1c2ccccc2OC(=O)C1c1ccccc1. The molecule has 18 heavy (non-hydrogen) atoms. The molecule has 0 bridgehead atoms. The zero-order chi connectivity index (χ0) is 12.5. The van der Waals surface area contributed by atoms with E-state index in [0.29, 0.717) is 5.75 Å². The molecule has 0 amide bonds. The Balaban J connectivity index is 2.06. The van der Waals surface area contributed by atoms with E-state index in [9.17, 15) is 4.79 Å². The molecule has 0 saturated carbocycles. The van der Waals surface area contributed by atoms with Gasteiger partial charge in [0.15, 0.2) is 0 Å². The van der Waals surface area contributed by atoms with E-state index in [1.54, 1.807) is 0 Å². The summed E-state index contributed by atoms with van der Waals surface area (Å²) >= 11 is 0. The van der Waals surface area contributed by atoms with Gasteiger partial charge in [0.05, 0.1) is 5.92 Å². The van der Waals surface area contributed by atoms with Gasteiger partial charge in [0.25, 0.3) is 0 Å². The Bertz CT molecular complexity index is 575. The van der Waals surface area contributed by atoms with E-state index >= 15 is 0 Å². The fraction of sp³-hybridized carbons (Fsp3) is 0.188. The maximum atomic E-state index is 12.1. The van der Waals surface area contributed by atoms with Gasteiger partial charge in [-0.25, -0.2) is 0 Å². The molecule has 0 aliphatic carbocycles. The van der Waals surface area contributed by atoms with Crippen molar-refractivity contribution in [1.29, 1.82) is 0 Å². The second-order valence-electron chi connectivity index (χ2n) is 4.64. The van der Waals surface area contributed by atoms with Crippen LogP contribution in [-0.2, 0) is 4.79 Å². The summed E-state index contributed by atoms with van der Waals surface area (Å²) in [6, 6.07) is 17.6. The van der Waals surface area contributed by atoms with Crippen molar-refractivity contribution in [2.45, 2.75) is 18.8 Å². The van der Waals surface area contributed by atoms with Crippen LogP contribution in [-0.4, -0.2) is 5.97 Å². The molecule has 1 aliphatic rings. The lowest BCUT2D eigenvalue weighted by Gasteiger charge is -2.29. The summed E-state index contributed by atoms with van der Waals surface area (Å²) < 4.78 is 5.43. The highest BCUT2D eigenvalue weighted by Crippen LogP contribution is 2.42. The number of hydrogen-bond donors (Lipinski definition) is 0. The summed E-state index contributed by atoms with van der Waals surface area (Å²) in [7, 11) is 0. The smallest absolute Gasteiger partial charge is 0.319 e. The highest BCUT2D eigenvalue weighted by molar-refractivity contribution is 5.84. The van der Waals surface area contributed by atoms with Crippen LogP contribution in [0, 0.1) is 0 Å². The minimum Gasteiger partial charge on any atom is -0.426 e. The number of para-hydroxylation sites is 1. The summed E-state index contributed by atoms with van der Waals surface area (Å²) in [4.78, 5) is 12.1. The summed E-state index contributed by atoms with van der Waals surface area (Å²) in [5, 5.41) is 0. The third-order valence-corrected chi connectivity index (χ3v) is 3.53. The molecule has 0 radical (unpaired) electrons. The van der Waals surface area contributed by atoms with Gasteiger partial charge in [-0.2, -0.15) is 0 Å². The van der Waals surface area contributed by atoms with Crippen molar-refractivity contribution < 1.29 is 9.53 Å². The van der Waals surface area contributed by atoms with Gasteiger partial charge in [-0.1, -0.05) is 55.5 Å². The molecule has 1 aliphatic heterocycles. The van der Waals surface area contributed by atoms with E-state index in [1.165, 1.54) is 0 Å². The van der Waals surface area contributed by atoms with Crippen LogP contribution in [0.15, 0.2) is 54.6 Å². The van der Waals surface area contributed by atoms with Crippen LogP contribution in [0.2, 0.25) is 0 Å². The molecule has 0 saturated heterocycles. The number of esters is 1. The fourth-order valence-electron chi connectivity index (χ4n) is 2.59. The number of fused-ring (bicyclic) bond motifs is 1. The standard InChI is InChI=1S/C16H14O2/c1-11-13-9-5-6-10-14(13)18-16(17)15(11)12-7-3-2-4-8-12/h2-11,15H,1H3. The van der Waals surface area contributed by atoms with Gasteiger partial charge < -0.3 is 4.74 Å². The molecule has 2 heteroatoms. The van der Waals surface area contributed by atoms with Gasteiger partial charge in [-0.15, -0.1) is 0 Å². The molecule has 2 aromatic rings. The fourth-order valence-corrected chi connectivity index (χ4v) is 2.59. The maximum Gasteiger partial charge on any atom is 0.319 e. The highest BCUT2D eigenvalue weighted by atomic mass is 16.5. The first kappa shape index (κ1) is 11.0. The third kappa shape index (κ3) is 1.70. The Morgan fingerprint density at radius 2 is 1.61 bits per heavy atom. The average molecular weight is 238 g/mol. The van der Waals surface area contributed by atoms with E-state index in [4.69, 9.17) is 4.74 Å². The molecule has 2 unspecified atom stereocenters. The molecule has 0 N–H and O–H groups in total. The van der Waals surface area contributed by atoms with E-state index in [2.05, 4.69) is 6.92 Å². The topological polar surface area (TPSA) is 26.3 Å². The van der Waals surface area contributed by atoms with Crippen molar-refractivity contribution in [3.05, 3.63) is 65.7 Å². The highest BCUT2D eigenvalue weighted by Gasteiger charge is 2.35. The quantitative estimate of drug-likeness (QED) is 0.561. The zero-order valence-corrected chi connectivity index (χ0v) is 10.2. The van der Waals surface area contributed by atoms with Gasteiger partial charge in [0.2, 0.25) is 0 Å². The van der Waals surface area contributed by atoms with E-state index in [1.807, 2.05) is 54.6 Å². The largest absolute Gasteiger partial charge is 0.426 e. The van der Waals surface area contributed by atoms with Crippen molar-refractivity contribution in [1.82, 2.24) is 0 Å². The van der Waals surface area contributed by atoms with Crippen LogP contribution in [0.3, 0.4) is 0 Å². The Morgan fingerprint density at radius 1 is 0.944 bits per heavy atom. The van der Waals surface area contributed by atoms with E-state index in [-0.39, 0.29) is 17.8 Å². The molecule has 1 heterocycles. The minimum absolute atomic E-state index is 0.143. The third-order valence-electron chi connectivity index (χ3n) is 3.53. The number of carbonyl (C=O) groups excluding carboxylic acids is 1. The van der Waals surface area contributed by atoms with Crippen molar-refractivity contribution in [3.63, 3.8) is 0 Å². The number of carbonyl (C=O) groups is 1. The molecular formula is C16H14O2. The van der Waals surface area contributed by atoms with E-state index < -0.39 is 0 Å². The Morgan fingerprint density at radius 3 is 2.39 bits per heavy atom. The summed E-state index contributed by atoms with van der Waals surface area (Å²) in [5.74, 6) is 0.473. The van der Waals surface area contributed by atoms with Crippen molar-refractivity contribution >= 4 is 5.97 Å². The zero-order valence-electron chi connectivity index (χ0n) is 10.2. The number of rotatable bonds is 1. The predicted molar refractivity (Wildman–Crippen MR) is 69.7 cm³/mol. The number of hydrogen-bond acceptors (Lipinski definition) is 2. The van der Waals surface area contributed by atoms with Crippen molar-refractivity contribution in [3.8, 4) is 5.75 Å².